The zero-order valence-electron chi connectivity index (χ0n) is 12.1. The molecule has 0 heterocycles. The highest BCUT2D eigenvalue weighted by Crippen LogP contribution is 2.77. The minimum absolute atomic E-state index is 0.505. The third-order valence-corrected chi connectivity index (χ3v) is 8.18. The Hall–Kier alpha value is -0.300. The molecule has 0 amide bonds. The van der Waals surface area contributed by atoms with Crippen molar-refractivity contribution in [1.29, 1.82) is 0 Å². The van der Waals surface area contributed by atoms with Crippen LogP contribution in [0.5, 0.6) is 0 Å². The summed E-state index contributed by atoms with van der Waals surface area (Å²) in [6.45, 7) is 2.42. The quantitative estimate of drug-likeness (QED) is 0.657. The van der Waals surface area contributed by atoms with Crippen LogP contribution in [-0.4, -0.2) is 6.04 Å². The van der Waals surface area contributed by atoms with E-state index in [9.17, 15) is 0 Å². The molecule has 4 saturated carbocycles. The van der Waals surface area contributed by atoms with Crippen molar-refractivity contribution in [1.82, 2.24) is 0 Å². The van der Waals surface area contributed by atoms with Crippen LogP contribution < -0.4 is 5.73 Å². The lowest BCUT2D eigenvalue weighted by atomic mass is 9.66. The molecule has 0 saturated heterocycles. The average molecular weight is 257 g/mol. The lowest BCUT2D eigenvalue weighted by Crippen LogP contribution is -2.44. The lowest BCUT2D eigenvalue weighted by molar-refractivity contribution is 0.108. The van der Waals surface area contributed by atoms with Crippen LogP contribution in [0.25, 0.3) is 0 Å². The Balaban J connectivity index is 1.59. The fourth-order valence-corrected chi connectivity index (χ4v) is 7.33. The molecule has 4 fully saturated rings. The molecule has 0 aromatic rings. The van der Waals surface area contributed by atoms with Crippen molar-refractivity contribution in [3.05, 3.63) is 12.2 Å². The molecule has 5 aliphatic rings. The summed E-state index contributed by atoms with van der Waals surface area (Å²) in [5, 5.41) is 0. The summed E-state index contributed by atoms with van der Waals surface area (Å²) in [5.41, 5.74) is 8.27. The van der Waals surface area contributed by atoms with E-state index in [1.165, 1.54) is 44.9 Å². The molecule has 0 aromatic carbocycles. The van der Waals surface area contributed by atoms with Gasteiger partial charge in [-0.1, -0.05) is 19.1 Å². The molecule has 2 N–H and O–H groups in total. The van der Waals surface area contributed by atoms with E-state index in [1.807, 2.05) is 0 Å². The Morgan fingerprint density at radius 1 is 1.21 bits per heavy atom. The summed E-state index contributed by atoms with van der Waals surface area (Å²) in [7, 11) is 0. The van der Waals surface area contributed by atoms with Crippen LogP contribution in [0.4, 0.5) is 0 Å². The van der Waals surface area contributed by atoms with Gasteiger partial charge in [0.2, 0.25) is 0 Å². The topological polar surface area (TPSA) is 26.0 Å². The second-order valence-corrected chi connectivity index (χ2v) is 8.65. The van der Waals surface area contributed by atoms with Gasteiger partial charge in [0.05, 0.1) is 0 Å². The van der Waals surface area contributed by atoms with Crippen molar-refractivity contribution >= 4 is 0 Å². The first-order valence-electron chi connectivity index (χ1n) is 8.59. The number of fused-ring (bicyclic) bond motifs is 4. The normalized spacial score (nSPS) is 60.1. The Bertz CT molecular complexity index is 449. The van der Waals surface area contributed by atoms with Gasteiger partial charge in [-0.2, -0.15) is 0 Å². The Morgan fingerprint density at radius 2 is 2.05 bits per heavy atom. The monoisotopic (exact) mass is 257 g/mol. The Labute approximate surface area is 117 Å². The first kappa shape index (κ1) is 11.4. The zero-order valence-corrected chi connectivity index (χ0v) is 12.1. The van der Waals surface area contributed by atoms with Crippen LogP contribution in [-0.2, 0) is 0 Å². The highest BCUT2D eigenvalue weighted by Gasteiger charge is 2.71. The number of allylic oxidation sites excluding steroid dienone is 2. The predicted molar refractivity (Wildman–Crippen MR) is 77.4 cm³/mol. The Morgan fingerprint density at radius 3 is 2.84 bits per heavy atom. The number of nitrogens with two attached hydrogens (primary N) is 1. The largest absolute Gasteiger partial charge is 0.327 e. The molecule has 2 spiro atoms. The van der Waals surface area contributed by atoms with E-state index in [4.69, 9.17) is 5.73 Å². The maximum absolute atomic E-state index is 6.92. The van der Waals surface area contributed by atoms with Gasteiger partial charge in [0, 0.05) is 6.04 Å². The van der Waals surface area contributed by atoms with Gasteiger partial charge < -0.3 is 5.73 Å². The van der Waals surface area contributed by atoms with Crippen molar-refractivity contribution < 1.29 is 0 Å². The highest BCUT2D eigenvalue weighted by molar-refractivity contribution is 5.23. The van der Waals surface area contributed by atoms with Crippen molar-refractivity contribution in [2.75, 3.05) is 0 Å². The maximum Gasteiger partial charge on any atom is 0.0135 e. The van der Waals surface area contributed by atoms with Gasteiger partial charge in [-0.15, -0.1) is 0 Å². The molecule has 1 heteroatoms. The summed E-state index contributed by atoms with van der Waals surface area (Å²) in [4.78, 5) is 0. The molecular formula is C18H27N. The minimum Gasteiger partial charge on any atom is -0.327 e. The summed E-state index contributed by atoms with van der Waals surface area (Å²) in [6, 6.07) is 0.505. The van der Waals surface area contributed by atoms with Crippen molar-refractivity contribution in [3.8, 4) is 0 Å². The van der Waals surface area contributed by atoms with Gasteiger partial charge in [0.1, 0.15) is 0 Å². The molecular weight excluding hydrogens is 230 g/mol. The molecule has 7 unspecified atom stereocenters. The molecule has 0 aliphatic heterocycles. The van der Waals surface area contributed by atoms with Crippen molar-refractivity contribution in [2.24, 2.45) is 46.2 Å². The van der Waals surface area contributed by atoms with E-state index in [0.717, 1.165) is 35.0 Å². The van der Waals surface area contributed by atoms with Gasteiger partial charge >= 0.3 is 0 Å². The summed E-state index contributed by atoms with van der Waals surface area (Å²) in [5.74, 6) is 4.46. The van der Waals surface area contributed by atoms with E-state index in [-0.39, 0.29) is 0 Å². The SMILES string of the molecule is CC1C=CCC2C1C(N)C13CC(CCC21)C1(CC1)C3. The van der Waals surface area contributed by atoms with E-state index in [2.05, 4.69) is 19.1 Å². The molecule has 7 atom stereocenters. The third-order valence-electron chi connectivity index (χ3n) is 8.18. The van der Waals surface area contributed by atoms with Gasteiger partial charge in [-0.25, -0.2) is 0 Å². The van der Waals surface area contributed by atoms with E-state index in [1.54, 1.807) is 0 Å². The molecule has 0 radical (unpaired) electrons. The first-order valence-corrected chi connectivity index (χ1v) is 8.59. The average Bonchev–Trinajstić information content (AvgIpc) is 3.06. The van der Waals surface area contributed by atoms with Crippen LogP contribution in [0, 0.1) is 40.4 Å². The molecule has 5 rings (SSSR count). The molecule has 1 nitrogen and oxygen atoms in total. The Kier molecular flexibility index (Phi) is 1.97. The fourth-order valence-electron chi connectivity index (χ4n) is 7.33. The first-order chi connectivity index (χ1) is 9.16. The molecule has 19 heavy (non-hydrogen) atoms. The van der Waals surface area contributed by atoms with Gasteiger partial charge in [-0.05, 0) is 85.4 Å². The molecule has 5 aliphatic carbocycles. The smallest absolute Gasteiger partial charge is 0.0135 e. The number of rotatable bonds is 0. The van der Waals surface area contributed by atoms with Gasteiger partial charge in [0.25, 0.3) is 0 Å². The number of hydrogen-bond donors (Lipinski definition) is 1. The molecule has 0 aromatic heterocycles. The van der Waals surface area contributed by atoms with E-state index < -0.39 is 0 Å². The summed E-state index contributed by atoms with van der Waals surface area (Å²) in [6.07, 6.45) is 15.3. The van der Waals surface area contributed by atoms with Crippen LogP contribution in [0.1, 0.15) is 51.9 Å². The van der Waals surface area contributed by atoms with Gasteiger partial charge in [0.15, 0.2) is 0 Å². The van der Waals surface area contributed by atoms with Crippen LogP contribution in [0.2, 0.25) is 0 Å². The van der Waals surface area contributed by atoms with Crippen LogP contribution >= 0.6 is 0 Å². The molecule has 104 valence electrons. The zero-order chi connectivity index (χ0) is 12.8. The summed E-state index contributed by atoms with van der Waals surface area (Å²) >= 11 is 0. The van der Waals surface area contributed by atoms with E-state index >= 15 is 0 Å². The standard InChI is InChI=1S/C18H27N/c1-11-3-2-4-13-14-6-5-12-9-18(14,16(19)15(11)13)10-17(12)7-8-17/h2-3,11-16H,4-10,19H2,1H3. The second kappa shape index (κ2) is 3.30. The fraction of sp³-hybridized carbons (Fsp3) is 0.889. The third kappa shape index (κ3) is 1.18. The lowest BCUT2D eigenvalue weighted by Gasteiger charge is -2.40. The van der Waals surface area contributed by atoms with Crippen molar-refractivity contribution in [2.45, 2.75) is 57.9 Å². The van der Waals surface area contributed by atoms with Gasteiger partial charge in [-0.3, -0.25) is 0 Å². The van der Waals surface area contributed by atoms with Crippen LogP contribution in [0.15, 0.2) is 12.2 Å². The predicted octanol–water partition coefficient (Wildman–Crippen LogP) is 3.74. The van der Waals surface area contributed by atoms with Crippen molar-refractivity contribution in [3.63, 3.8) is 0 Å². The number of hydrogen-bond acceptors (Lipinski definition) is 1. The minimum atomic E-state index is 0.505. The highest BCUT2D eigenvalue weighted by atomic mass is 14.9. The maximum atomic E-state index is 6.92. The second-order valence-electron chi connectivity index (χ2n) is 8.65. The summed E-state index contributed by atoms with van der Waals surface area (Å²) < 4.78 is 0. The van der Waals surface area contributed by atoms with Crippen LogP contribution in [0.3, 0.4) is 0 Å². The molecule has 2 bridgehead atoms. The van der Waals surface area contributed by atoms with E-state index in [0.29, 0.717) is 11.5 Å².